The lowest BCUT2D eigenvalue weighted by atomic mass is 10.2. The number of hydrogen-bond donors (Lipinski definition) is 0. The van der Waals surface area contributed by atoms with Crippen molar-refractivity contribution in [2.45, 2.75) is 26.7 Å². The fraction of sp³-hybridized carbons (Fsp3) is 0.154. The molecule has 6 nitrogen and oxygen atoms in total. The van der Waals surface area contributed by atoms with Gasteiger partial charge in [0.15, 0.2) is 0 Å². The Hall–Kier alpha value is -4.06. The number of benzene rings is 3. The van der Waals surface area contributed by atoms with Crippen molar-refractivity contribution in [3.05, 3.63) is 83.9 Å². The van der Waals surface area contributed by atoms with E-state index in [0.29, 0.717) is 24.3 Å². The topological polar surface area (TPSA) is 77.3 Å². The Morgan fingerprint density at radius 3 is 1.47 bits per heavy atom. The second kappa shape index (κ2) is 11.4. The van der Waals surface area contributed by atoms with Gasteiger partial charge in [0.25, 0.3) is 0 Å². The number of aliphatic imine (C=N–C) groups is 2. The van der Waals surface area contributed by atoms with Gasteiger partial charge in [-0.25, -0.2) is 0 Å². The van der Waals surface area contributed by atoms with Crippen molar-refractivity contribution in [2.75, 3.05) is 0 Å². The van der Waals surface area contributed by atoms with Gasteiger partial charge in [-0.1, -0.05) is 19.9 Å². The summed E-state index contributed by atoms with van der Waals surface area (Å²) in [6.45, 7) is 3.51. The van der Waals surface area contributed by atoms with E-state index in [4.69, 9.17) is 9.47 Å². The van der Waals surface area contributed by atoms with E-state index in [-0.39, 0.29) is 11.9 Å². The van der Waals surface area contributed by atoms with Crippen molar-refractivity contribution in [3.63, 3.8) is 0 Å². The Bertz CT molecular complexity index is 1030. The molecule has 0 radical (unpaired) electrons. The highest BCUT2D eigenvalue weighted by atomic mass is 16.5. The van der Waals surface area contributed by atoms with E-state index in [9.17, 15) is 9.59 Å². The van der Waals surface area contributed by atoms with Gasteiger partial charge >= 0.3 is 11.9 Å². The smallest absolute Gasteiger partial charge is 0.310 e. The first-order valence-electron chi connectivity index (χ1n) is 10.4. The summed E-state index contributed by atoms with van der Waals surface area (Å²) >= 11 is 0. The van der Waals surface area contributed by atoms with Gasteiger partial charge in [0.1, 0.15) is 11.5 Å². The molecule has 0 aliphatic carbocycles. The SMILES string of the molecule is CCC(=O)Oc1ccc(C=Nc2cccc(N=Cc3ccc(OC(=O)CC)cc3)c2)cc1. The highest BCUT2D eigenvalue weighted by Gasteiger charge is 2.02. The molecule has 0 fully saturated rings. The predicted octanol–water partition coefficient (Wildman–Crippen LogP) is 5.82. The molecule has 0 aliphatic rings. The molecule has 0 heterocycles. The number of esters is 2. The lowest BCUT2D eigenvalue weighted by molar-refractivity contribution is -0.134. The Kier molecular flexibility index (Phi) is 8.03. The van der Waals surface area contributed by atoms with Crippen molar-refractivity contribution < 1.29 is 19.1 Å². The molecule has 0 atom stereocenters. The summed E-state index contributed by atoms with van der Waals surface area (Å²) in [5.74, 6) is 0.503. The molecule has 0 N–H and O–H groups in total. The number of nitrogens with zero attached hydrogens (tertiary/aromatic N) is 2. The van der Waals surface area contributed by atoms with E-state index in [2.05, 4.69) is 9.98 Å². The molecule has 0 aliphatic heterocycles. The molecule has 3 aromatic carbocycles. The van der Waals surface area contributed by atoms with Crippen LogP contribution in [0.5, 0.6) is 11.5 Å². The molecular formula is C26H24N2O4. The highest BCUT2D eigenvalue weighted by molar-refractivity contribution is 5.84. The molecule has 6 heteroatoms. The monoisotopic (exact) mass is 428 g/mol. The minimum atomic E-state index is -0.264. The lowest BCUT2D eigenvalue weighted by Gasteiger charge is -2.02. The van der Waals surface area contributed by atoms with Gasteiger partial charge < -0.3 is 9.47 Å². The zero-order valence-corrected chi connectivity index (χ0v) is 18.0. The summed E-state index contributed by atoms with van der Waals surface area (Å²) in [4.78, 5) is 31.7. The molecular weight excluding hydrogens is 404 g/mol. The average molecular weight is 428 g/mol. The van der Waals surface area contributed by atoms with Gasteiger partial charge in [0.05, 0.1) is 11.4 Å². The van der Waals surface area contributed by atoms with Gasteiger partial charge in [-0.05, 0) is 77.9 Å². The van der Waals surface area contributed by atoms with E-state index in [1.54, 1.807) is 50.5 Å². The number of rotatable bonds is 8. The first-order valence-corrected chi connectivity index (χ1v) is 10.4. The van der Waals surface area contributed by atoms with Crippen LogP contribution in [-0.4, -0.2) is 24.4 Å². The molecule has 0 aromatic heterocycles. The molecule has 0 amide bonds. The Balaban J connectivity index is 1.62. The summed E-state index contributed by atoms with van der Waals surface area (Å²) < 4.78 is 10.3. The predicted molar refractivity (Wildman–Crippen MR) is 126 cm³/mol. The van der Waals surface area contributed by atoms with Crippen LogP contribution in [0.4, 0.5) is 11.4 Å². The molecule has 3 aromatic rings. The van der Waals surface area contributed by atoms with Gasteiger partial charge in [-0.3, -0.25) is 19.6 Å². The Labute approximate surface area is 187 Å². The van der Waals surface area contributed by atoms with E-state index < -0.39 is 0 Å². The summed E-state index contributed by atoms with van der Waals surface area (Å²) in [5, 5.41) is 0. The van der Waals surface area contributed by atoms with Crippen LogP contribution < -0.4 is 9.47 Å². The Morgan fingerprint density at radius 1 is 0.688 bits per heavy atom. The zero-order valence-electron chi connectivity index (χ0n) is 18.0. The van der Waals surface area contributed by atoms with E-state index >= 15 is 0 Å². The van der Waals surface area contributed by atoms with Crippen molar-refractivity contribution in [1.29, 1.82) is 0 Å². The summed E-state index contributed by atoms with van der Waals surface area (Å²) in [6, 6.07) is 21.9. The van der Waals surface area contributed by atoms with Gasteiger partial charge in [-0.2, -0.15) is 0 Å². The normalized spacial score (nSPS) is 11.1. The molecule has 32 heavy (non-hydrogen) atoms. The van der Waals surface area contributed by atoms with Crippen LogP contribution in [0, 0.1) is 0 Å². The van der Waals surface area contributed by atoms with Crippen LogP contribution in [-0.2, 0) is 9.59 Å². The third-order valence-corrected chi connectivity index (χ3v) is 4.36. The molecule has 0 unspecified atom stereocenters. The third-order valence-electron chi connectivity index (χ3n) is 4.36. The minimum Gasteiger partial charge on any atom is -0.427 e. The minimum absolute atomic E-state index is 0.264. The second-order valence-corrected chi connectivity index (χ2v) is 6.83. The summed E-state index contributed by atoms with van der Waals surface area (Å²) in [5.41, 5.74) is 3.31. The first-order chi connectivity index (χ1) is 15.6. The van der Waals surface area contributed by atoms with Crippen LogP contribution in [0.2, 0.25) is 0 Å². The van der Waals surface area contributed by atoms with Crippen LogP contribution in [0.3, 0.4) is 0 Å². The van der Waals surface area contributed by atoms with E-state index in [1.807, 2.05) is 48.5 Å². The van der Waals surface area contributed by atoms with Crippen molar-refractivity contribution in [3.8, 4) is 11.5 Å². The van der Waals surface area contributed by atoms with Crippen LogP contribution >= 0.6 is 0 Å². The van der Waals surface area contributed by atoms with Crippen LogP contribution in [0.15, 0.2) is 82.8 Å². The van der Waals surface area contributed by atoms with Gasteiger partial charge in [-0.15, -0.1) is 0 Å². The molecule has 162 valence electrons. The fourth-order valence-electron chi connectivity index (χ4n) is 2.60. The average Bonchev–Trinajstić information content (AvgIpc) is 2.83. The third kappa shape index (κ3) is 7.02. The number of carbonyl (C=O) groups is 2. The number of hydrogen-bond acceptors (Lipinski definition) is 6. The molecule has 0 saturated carbocycles. The summed E-state index contributed by atoms with van der Waals surface area (Å²) in [7, 11) is 0. The van der Waals surface area contributed by atoms with Gasteiger partial charge in [0.2, 0.25) is 0 Å². The maximum absolute atomic E-state index is 11.3. The maximum Gasteiger partial charge on any atom is 0.310 e. The molecule has 3 rings (SSSR count). The van der Waals surface area contributed by atoms with E-state index in [1.165, 1.54) is 0 Å². The number of ether oxygens (including phenoxy) is 2. The quantitative estimate of drug-likeness (QED) is 0.257. The lowest BCUT2D eigenvalue weighted by Crippen LogP contribution is -2.05. The second-order valence-electron chi connectivity index (χ2n) is 6.83. The first kappa shape index (κ1) is 22.6. The largest absolute Gasteiger partial charge is 0.427 e. The van der Waals surface area contributed by atoms with Crippen LogP contribution in [0.25, 0.3) is 0 Å². The van der Waals surface area contributed by atoms with Crippen molar-refractivity contribution in [1.82, 2.24) is 0 Å². The Morgan fingerprint density at radius 2 is 1.09 bits per heavy atom. The maximum atomic E-state index is 11.3. The zero-order chi connectivity index (χ0) is 22.8. The van der Waals surface area contributed by atoms with Crippen molar-refractivity contribution >= 4 is 35.7 Å². The molecule has 0 bridgehead atoms. The van der Waals surface area contributed by atoms with E-state index in [0.717, 1.165) is 22.5 Å². The van der Waals surface area contributed by atoms with Gasteiger partial charge in [0, 0.05) is 25.3 Å². The standard InChI is InChI=1S/C26H24N2O4/c1-3-25(29)31-23-12-8-19(9-13-23)17-27-21-6-5-7-22(16-21)28-18-20-10-14-24(15-11-20)32-26(30)4-2/h5-18H,3-4H2,1-2H3. The van der Waals surface area contributed by atoms with Crippen LogP contribution in [0.1, 0.15) is 37.8 Å². The van der Waals surface area contributed by atoms with Crippen molar-refractivity contribution in [2.24, 2.45) is 9.98 Å². The molecule has 0 spiro atoms. The number of carbonyl (C=O) groups excluding carboxylic acids is 2. The summed E-state index contributed by atoms with van der Waals surface area (Å²) in [6.07, 6.45) is 4.15. The highest BCUT2D eigenvalue weighted by Crippen LogP contribution is 2.21. The fourth-order valence-corrected chi connectivity index (χ4v) is 2.60. The molecule has 0 saturated heterocycles.